The molecule has 2 aliphatic heterocycles. The highest BCUT2D eigenvalue weighted by atomic mass is 16.2. The van der Waals surface area contributed by atoms with Crippen LogP contribution in [-0.2, 0) is 16.1 Å². The van der Waals surface area contributed by atoms with Crippen LogP contribution in [0, 0.1) is 11.3 Å². The van der Waals surface area contributed by atoms with Crippen LogP contribution in [0.4, 0.5) is 10.6 Å². The molecule has 9 nitrogen and oxygen atoms in total. The van der Waals surface area contributed by atoms with Gasteiger partial charge >= 0.3 is 6.03 Å². The molecule has 0 atom stereocenters. The standard InChI is InChI=1S/C23H22N6O3/c24-13-17-2-1-9-25-20(17)29-10-7-18(8-11-29)26-14-16-5-3-15(4-6-16)12-19-21(30)27-23(32)28-22(19)31/h1-6,9,12,18,26H,7-8,10-11,14H2,(H2,27,28,30,31,32). The van der Waals surface area contributed by atoms with E-state index in [4.69, 9.17) is 0 Å². The summed E-state index contributed by atoms with van der Waals surface area (Å²) < 4.78 is 0. The maximum absolute atomic E-state index is 11.8. The fourth-order valence-corrected chi connectivity index (χ4v) is 3.80. The third kappa shape index (κ3) is 4.82. The zero-order valence-electron chi connectivity index (χ0n) is 17.3. The Morgan fingerprint density at radius 1 is 1.09 bits per heavy atom. The molecule has 4 amide bonds. The second-order valence-corrected chi connectivity index (χ2v) is 7.67. The lowest BCUT2D eigenvalue weighted by Crippen LogP contribution is -2.51. The van der Waals surface area contributed by atoms with Crippen molar-refractivity contribution in [2.75, 3.05) is 18.0 Å². The Morgan fingerprint density at radius 3 is 2.44 bits per heavy atom. The minimum Gasteiger partial charge on any atom is -0.355 e. The smallest absolute Gasteiger partial charge is 0.328 e. The lowest BCUT2D eigenvalue weighted by atomic mass is 10.0. The average Bonchev–Trinajstić information content (AvgIpc) is 2.81. The number of pyridine rings is 1. The predicted octanol–water partition coefficient (Wildman–Crippen LogP) is 1.46. The zero-order chi connectivity index (χ0) is 22.5. The summed E-state index contributed by atoms with van der Waals surface area (Å²) in [7, 11) is 0. The first-order valence-electron chi connectivity index (χ1n) is 10.3. The number of imide groups is 2. The SMILES string of the molecule is N#Cc1cccnc1N1CCC(NCc2ccc(C=C3C(=O)NC(=O)NC3=O)cc2)CC1. The van der Waals surface area contributed by atoms with Crippen LogP contribution in [0.25, 0.3) is 6.08 Å². The van der Waals surface area contributed by atoms with Crippen molar-refractivity contribution in [1.29, 1.82) is 5.26 Å². The third-order valence-corrected chi connectivity index (χ3v) is 5.53. The first-order chi connectivity index (χ1) is 15.5. The Bertz CT molecular complexity index is 1090. The molecule has 3 N–H and O–H groups in total. The number of carbonyl (C=O) groups excluding carboxylic acids is 3. The molecule has 4 rings (SSSR count). The van der Waals surface area contributed by atoms with Gasteiger partial charge in [0, 0.05) is 31.9 Å². The normalized spacial score (nSPS) is 16.9. The van der Waals surface area contributed by atoms with Crippen molar-refractivity contribution >= 4 is 29.7 Å². The number of carbonyl (C=O) groups is 3. The van der Waals surface area contributed by atoms with E-state index in [1.54, 1.807) is 18.3 Å². The zero-order valence-corrected chi connectivity index (χ0v) is 17.3. The van der Waals surface area contributed by atoms with Crippen LogP contribution in [0.1, 0.15) is 29.5 Å². The number of nitriles is 1. The molecule has 1 aromatic carbocycles. The minimum absolute atomic E-state index is 0.102. The highest BCUT2D eigenvalue weighted by molar-refractivity contribution is 6.31. The third-order valence-electron chi connectivity index (χ3n) is 5.53. The van der Waals surface area contributed by atoms with Crippen LogP contribution in [0.5, 0.6) is 0 Å². The number of barbiturate groups is 1. The van der Waals surface area contributed by atoms with E-state index >= 15 is 0 Å². The maximum atomic E-state index is 11.8. The van der Waals surface area contributed by atoms with E-state index in [0.717, 1.165) is 37.3 Å². The number of hydrogen-bond donors (Lipinski definition) is 3. The molecule has 2 aromatic rings. The van der Waals surface area contributed by atoms with E-state index in [2.05, 4.69) is 31.9 Å². The molecule has 2 aliphatic rings. The molecule has 9 heteroatoms. The molecule has 0 spiro atoms. The van der Waals surface area contributed by atoms with Gasteiger partial charge in [0.05, 0.1) is 5.56 Å². The number of anilines is 1. The van der Waals surface area contributed by atoms with Gasteiger partial charge in [-0.25, -0.2) is 9.78 Å². The summed E-state index contributed by atoms with van der Waals surface area (Å²) in [4.78, 5) is 41.3. The number of piperidine rings is 1. The summed E-state index contributed by atoms with van der Waals surface area (Å²) in [5.41, 5.74) is 2.28. The molecule has 2 saturated heterocycles. The van der Waals surface area contributed by atoms with E-state index in [0.29, 0.717) is 23.7 Å². The highest BCUT2D eigenvalue weighted by Crippen LogP contribution is 2.21. The molecule has 0 bridgehead atoms. The number of nitrogens with zero attached hydrogens (tertiary/aromatic N) is 3. The lowest BCUT2D eigenvalue weighted by molar-refractivity contribution is -0.123. The number of hydrogen-bond acceptors (Lipinski definition) is 7. The van der Waals surface area contributed by atoms with Crippen molar-refractivity contribution in [1.82, 2.24) is 20.9 Å². The molecule has 0 aliphatic carbocycles. The fourth-order valence-electron chi connectivity index (χ4n) is 3.80. The van der Waals surface area contributed by atoms with Gasteiger partial charge in [-0.15, -0.1) is 0 Å². The van der Waals surface area contributed by atoms with Gasteiger partial charge in [-0.05, 0) is 42.2 Å². The number of urea groups is 1. The van der Waals surface area contributed by atoms with Crippen molar-refractivity contribution in [2.24, 2.45) is 0 Å². The van der Waals surface area contributed by atoms with Crippen molar-refractivity contribution in [2.45, 2.75) is 25.4 Å². The Labute approximate surface area is 185 Å². The summed E-state index contributed by atoms with van der Waals surface area (Å²) in [6.45, 7) is 2.37. The molecule has 1 aromatic heterocycles. The van der Waals surface area contributed by atoms with E-state index in [-0.39, 0.29) is 5.57 Å². The topological polar surface area (TPSA) is 127 Å². The second-order valence-electron chi connectivity index (χ2n) is 7.67. The monoisotopic (exact) mass is 430 g/mol. The van der Waals surface area contributed by atoms with Gasteiger partial charge in [-0.2, -0.15) is 5.26 Å². The van der Waals surface area contributed by atoms with E-state index in [1.807, 2.05) is 24.3 Å². The highest BCUT2D eigenvalue weighted by Gasteiger charge is 2.27. The summed E-state index contributed by atoms with van der Waals surface area (Å²) in [6, 6.07) is 12.9. The largest absolute Gasteiger partial charge is 0.355 e. The van der Waals surface area contributed by atoms with Gasteiger partial charge in [0.15, 0.2) is 0 Å². The first kappa shape index (κ1) is 21.2. The van der Waals surface area contributed by atoms with E-state index in [9.17, 15) is 19.6 Å². The van der Waals surface area contributed by atoms with Gasteiger partial charge in [-0.3, -0.25) is 20.2 Å². The van der Waals surface area contributed by atoms with Crippen LogP contribution >= 0.6 is 0 Å². The Kier molecular flexibility index (Phi) is 6.24. The Morgan fingerprint density at radius 2 is 1.78 bits per heavy atom. The molecule has 2 fully saturated rings. The average molecular weight is 430 g/mol. The Hall–Kier alpha value is -4.03. The quantitative estimate of drug-likeness (QED) is 0.484. The van der Waals surface area contributed by atoms with Crippen LogP contribution < -0.4 is 20.9 Å². The molecule has 162 valence electrons. The number of rotatable bonds is 5. The lowest BCUT2D eigenvalue weighted by Gasteiger charge is -2.33. The van der Waals surface area contributed by atoms with Gasteiger partial charge in [0.2, 0.25) is 0 Å². The molecule has 0 radical (unpaired) electrons. The van der Waals surface area contributed by atoms with Gasteiger partial charge in [0.25, 0.3) is 11.8 Å². The van der Waals surface area contributed by atoms with Crippen molar-refractivity contribution in [3.63, 3.8) is 0 Å². The number of aromatic nitrogens is 1. The van der Waals surface area contributed by atoms with Crippen LogP contribution in [0.2, 0.25) is 0 Å². The van der Waals surface area contributed by atoms with E-state index < -0.39 is 17.8 Å². The Balaban J connectivity index is 1.30. The summed E-state index contributed by atoms with van der Waals surface area (Å²) in [5.74, 6) is -0.658. The second kappa shape index (κ2) is 9.41. The van der Waals surface area contributed by atoms with Crippen molar-refractivity contribution in [3.8, 4) is 6.07 Å². The summed E-state index contributed by atoms with van der Waals surface area (Å²) >= 11 is 0. The van der Waals surface area contributed by atoms with Crippen LogP contribution in [-0.4, -0.2) is 42.0 Å². The van der Waals surface area contributed by atoms with Gasteiger partial charge in [0.1, 0.15) is 17.5 Å². The van der Waals surface area contributed by atoms with E-state index in [1.165, 1.54) is 6.08 Å². The predicted molar refractivity (Wildman–Crippen MR) is 117 cm³/mol. The van der Waals surface area contributed by atoms with Gasteiger partial charge < -0.3 is 10.2 Å². The fraction of sp³-hybridized carbons (Fsp3) is 0.261. The van der Waals surface area contributed by atoms with Crippen LogP contribution in [0.15, 0.2) is 48.2 Å². The summed E-state index contributed by atoms with van der Waals surface area (Å²) in [5, 5.41) is 17.0. The first-order valence-corrected chi connectivity index (χ1v) is 10.3. The molecule has 32 heavy (non-hydrogen) atoms. The molecular weight excluding hydrogens is 408 g/mol. The molecular formula is C23H22N6O3. The van der Waals surface area contributed by atoms with Crippen LogP contribution in [0.3, 0.4) is 0 Å². The van der Waals surface area contributed by atoms with Crippen molar-refractivity contribution < 1.29 is 14.4 Å². The maximum Gasteiger partial charge on any atom is 0.328 e. The molecule has 0 saturated carbocycles. The minimum atomic E-state index is -0.810. The number of nitrogens with one attached hydrogen (secondary N) is 3. The molecule has 0 unspecified atom stereocenters. The summed E-state index contributed by atoms with van der Waals surface area (Å²) in [6.07, 6.45) is 5.08. The van der Waals surface area contributed by atoms with Gasteiger partial charge in [-0.1, -0.05) is 24.3 Å². The molecule has 3 heterocycles. The number of amides is 4. The number of benzene rings is 1. The van der Waals surface area contributed by atoms with Crippen molar-refractivity contribution in [3.05, 3.63) is 64.9 Å².